The van der Waals surface area contributed by atoms with Crippen molar-refractivity contribution in [2.24, 2.45) is 16.0 Å². The van der Waals surface area contributed by atoms with Crippen molar-refractivity contribution in [1.29, 1.82) is 5.41 Å². The van der Waals surface area contributed by atoms with Crippen molar-refractivity contribution in [2.45, 2.75) is 13.8 Å². The van der Waals surface area contributed by atoms with Crippen LogP contribution in [0.15, 0.2) is 58.1 Å². The fourth-order valence-corrected chi connectivity index (χ4v) is 4.18. The highest BCUT2D eigenvalue weighted by atomic mass is 32.2. The Kier molecular flexibility index (Phi) is 7.40. The van der Waals surface area contributed by atoms with Crippen LogP contribution in [-0.2, 0) is 4.79 Å². The topological polar surface area (TPSA) is 106 Å². The normalized spacial score (nSPS) is 16.3. The predicted octanol–water partition coefficient (Wildman–Crippen LogP) is 4.44. The molecule has 2 aromatic carbocycles. The van der Waals surface area contributed by atoms with Crippen molar-refractivity contribution in [3.05, 3.63) is 53.6 Å². The number of carbonyl (C=O) groups excluding carboxylic acids is 1. The largest absolute Gasteiger partial charge is 0.497 e. The Balaban J connectivity index is 1.42. The van der Waals surface area contributed by atoms with Crippen LogP contribution in [0.3, 0.4) is 0 Å². The fourth-order valence-electron chi connectivity index (χ4n) is 3.28. The van der Waals surface area contributed by atoms with Crippen molar-refractivity contribution in [1.82, 2.24) is 5.01 Å². The summed E-state index contributed by atoms with van der Waals surface area (Å²) in [6.45, 7) is 4.68. The molecule has 0 fully saturated rings. The molecule has 9 nitrogen and oxygen atoms in total. The van der Waals surface area contributed by atoms with Gasteiger partial charge in [-0.2, -0.15) is 15.1 Å². The fraction of sp³-hybridized carbons (Fsp3) is 0.280. The summed E-state index contributed by atoms with van der Waals surface area (Å²) >= 11 is 1.32. The molecule has 0 spiro atoms. The summed E-state index contributed by atoms with van der Waals surface area (Å²) in [5, 5.41) is 15.6. The smallest absolute Gasteiger partial charge is 0.283 e. The number of rotatable bonds is 9. The van der Waals surface area contributed by atoms with Crippen LogP contribution in [0.2, 0.25) is 0 Å². The van der Waals surface area contributed by atoms with Gasteiger partial charge in [-0.1, -0.05) is 19.9 Å². The van der Waals surface area contributed by atoms with Gasteiger partial charge in [0.1, 0.15) is 29.8 Å². The predicted molar refractivity (Wildman–Crippen MR) is 137 cm³/mol. The third-order valence-corrected chi connectivity index (χ3v) is 6.34. The molecule has 2 aliphatic rings. The van der Waals surface area contributed by atoms with E-state index in [1.54, 1.807) is 38.5 Å². The second-order valence-electron chi connectivity index (χ2n) is 7.90. The molecule has 0 unspecified atom stereocenters. The summed E-state index contributed by atoms with van der Waals surface area (Å²) in [6, 6.07) is 12.6. The lowest BCUT2D eigenvalue weighted by Gasteiger charge is -2.20. The Morgan fingerprint density at radius 2 is 1.71 bits per heavy atom. The van der Waals surface area contributed by atoms with E-state index in [1.165, 1.54) is 16.8 Å². The number of ether oxygens (including phenoxy) is 4. The van der Waals surface area contributed by atoms with Gasteiger partial charge in [0.25, 0.3) is 5.91 Å². The van der Waals surface area contributed by atoms with Crippen LogP contribution in [-0.4, -0.2) is 54.4 Å². The summed E-state index contributed by atoms with van der Waals surface area (Å²) < 4.78 is 22.1. The summed E-state index contributed by atoms with van der Waals surface area (Å²) in [7, 11) is 3.16. The Morgan fingerprint density at radius 3 is 2.40 bits per heavy atom. The number of carbonyl (C=O) groups is 1. The van der Waals surface area contributed by atoms with Crippen molar-refractivity contribution >= 4 is 39.8 Å². The Labute approximate surface area is 207 Å². The SMILES string of the molecule is COc1ccc(OCCOc2ccc(/C=C3\C(=N)N4N=C(C(C)C)SC4=NC3=O)cc2OC)cc1. The first kappa shape index (κ1) is 24.3. The first-order chi connectivity index (χ1) is 16.9. The zero-order valence-corrected chi connectivity index (χ0v) is 20.7. The van der Waals surface area contributed by atoms with E-state index in [9.17, 15) is 4.79 Å². The minimum Gasteiger partial charge on any atom is -0.497 e. The Hall–Kier alpha value is -3.79. The highest BCUT2D eigenvalue weighted by molar-refractivity contribution is 8.27. The second-order valence-corrected chi connectivity index (χ2v) is 8.88. The van der Waals surface area contributed by atoms with E-state index in [1.807, 2.05) is 38.1 Å². The number of nitrogens with zero attached hydrogens (tertiary/aromatic N) is 3. The molecule has 0 saturated carbocycles. The first-order valence-electron chi connectivity index (χ1n) is 11.0. The van der Waals surface area contributed by atoms with Crippen LogP contribution in [0.5, 0.6) is 23.0 Å². The van der Waals surface area contributed by atoms with Gasteiger partial charge in [0, 0.05) is 5.92 Å². The number of fused-ring (bicyclic) bond motifs is 1. The van der Waals surface area contributed by atoms with Crippen LogP contribution in [0.1, 0.15) is 19.4 Å². The molecule has 0 atom stereocenters. The second kappa shape index (κ2) is 10.6. The van der Waals surface area contributed by atoms with Gasteiger partial charge >= 0.3 is 0 Å². The van der Waals surface area contributed by atoms with Gasteiger partial charge in [-0.3, -0.25) is 10.2 Å². The molecular formula is C25H26N4O5S. The maximum Gasteiger partial charge on any atom is 0.283 e. The minimum atomic E-state index is -0.469. The zero-order chi connectivity index (χ0) is 24.9. The van der Waals surface area contributed by atoms with E-state index in [4.69, 9.17) is 24.4 Å². The molecule has 1 amide bonds. The van der Waals surface area contributed by atoms with Crippen LogP contribution in [0.25, 0.3) is 6.08 Å². The van der Waals surface area contributed by atoms with Crippen LogP contribution >= 0.6 is 11.8 Å². The molecule has 0 radical (unpaired) electrons. The average Bonchev–Trinajstić information content (AvgIpc) is 3.30. The molecule has 2 heterocycles. The number of aliphatic imine (C=N–C) groups is 1. The maximum atomic E-state index is 12.6. The van der Waals surface area contributed by atoms with Crippen molar-refractivity contribution < 1.29 is 23.7 Å². The van der Waals surface area contributed by atoms with E-state index in [0.717, 1.165) is 16.5 Å². The van der Waals surface area contributed by atoms with Gasteiger partial charge in [-0.05, 0) is 59.8 Å². The summed E-state index contributed by atoms with van der Waals surface area (Å²) in [4.78, 5) is 16.7. The lowest BCUT2D eigenvalue weighted by atomic mass is 10.1. The molecule has 2 aromatic rings. The lowest BCUT2D eigenvalue weighted by molar-refractivity contribution is -0.114. The van der Waals surface area contributed by atoms with E-state index in [0.29, 0.717) is 35.4 Å². The minimum absolute atomic E-state index is 0.00174. The molecule has 0 bridgehead atoms. The number of amides is 1. The summed E-state index contributed by atoms with van der Waals surface area (Å²) in [6.07, 6.45) is 1.61. The third kappa shape index (κ3) is 5.48. The first-order valence-corrected chi connectivity index (χ1v) is 11.8. The van der Waals surface area contributed by atoms with Crippen molar-refractivity contribution in [2.75, 3.05) is 27.4 Å². The van der Waals surface area contributed by atoms with Gasteiger partial charge < -0.3 is 18.9 Å². The maximum absolute atomic E-state index is 12.6. The molecule has 10 heteroatoms. The van der Waals surface area contributed by atoms with Gasteiger partial charge in [0.2, 0.25) is 5.17 Å². The number of thioether (sulfide) groups is 1. The van der Waals surface area contributed by atoms with Crippen LogP contribution < -0.4 is 18.9 Å². The molecule has 182 valence electrons. The summed E-state index contributed by atoms with van der Waals surface area (Å²) in [5.74, 6) is 2.23. The van der Waals surface area contributed by atoms with Crippen molar-refractivity contribution in [3.8, 4) is 23.0 Å². The molecule has 1 N–H and O–H groups in total. The molecule has 0 saturated heterocycles. The zero-order valence-electron chi connectivity index (χ0n) is 19.9. The number of hydrogen-bond donors (Lipinski definition) is 1. The van der Waals surface area contributed by atoms with Crippen LogP contribution in [0, 0.1) is 11.3 Å². The molecule has 0 aromatic heterocycles. The monoisotopic (exact) mass is 494 g/mol. The highest BCUT2D eigenvalue weighted by Crippen LogP contribution is 2.32. The van der Waals surface area contributed by atoms with E-state index in [-0.39, 0.29) is 17.3 Å². The van der Waals surface area contributed by atoms with E-state index in [2.05, 4.69) is 10.1 Å². The van der Waals surface area contributed by atoms with Gasteiger partial charge in [0.15, 0.2) is 17.3 Å². The number of methoxy groups -OCH3 is 2. The molecule has 35 heavy (non-hydrogen) atoms. The number of amidine groups is 2. The number of hydrogen-bond acceptors (Lipinski definition) is 8. The van der Waals surface area contributed by atoms with Crippen molar-refractivity contribution in [3.63, 3.8) is 0 Å². The van der Waals surface area contributed by atoms with Gasteiger partial charge in [-0.25, -0.2) is 0 Å². The Morgan fingerprint density at radius 1 is 1.00 bits per heavy atom. The van der Waals surface area contributed by atoms with Crippen LogP contribution in [0.4, 0.5) is 0 Å². The van der Waals surface area contributed by atoms with E-state index >= 15 is 0 Å². The highest BCUT2D eigenvalue weighted by Gasteiger charge is 2.36. The average molecular weight is 495 g/mol. The number of nitrogens with one attached hydrogen (secondary N) is 1. The van der Waals surface area contributed by atoms with Gasteiger partial charge in [0.05, 0.1) is 19.8 Å². The van der Waals surface area contributed by atoms with E-state index < -0.39 is 5.91 Å². The molecule has 0 aliphatic carbocycles. The quantitative estimate of drug-likeness (QED) is 0.406. The Bertz CT molecular complexity index is 1220. The summed E-state index contributed by atoms with van der Waals surface area (Å²) in [5.41, 5.74) is 0.835. The molecule has 2 aliphatic heterocycles. The lowest BCUT2D eigenvalue weighted by Crippen LogP contribution is -2.35. The number of benzene rings is 2. The van der Waals surface area contributed by atoms with Gasteiger partial charge in [-0.15, -0.1) is 0 Å². The number of hydrazone groups is 1. The third-order valence-electron chi connectivity index (χ3n) is 5.13. The standard InChI is InChI=1S/C25H26N4O5S/c1-15(2)24-28-29-22(26)19(23(30)27-25(29)35-24)13-16-5-10-20(21(14-16)32-4)34-12-11-33-18-8-6-17(31-3)7-9-18/h5-10,13-15,26H,11-12H2,1-4H3/b19-13+,26-22?. The molecular weight excluding hydrogens is 468 g/mol. The molecule has 4 rings (SSSR count).